The molecule has 1 heterocycles. The second kappa shape index (κ2) is 5.33. The molecule has 0 spiro atoms. The van der Waals surface area contributed by atoms with Crippen molar-refractivity contribution in [3.05, 3.63) is 59.3 Å². The predicted molar refractivity (Wildman–Crippen MR) is 72.2 cm³/mol. The second-order valence-corrected chi connectivity index (χ2v) is 4.24. The number of hydrogen-bond donors (Lipinski definition) is 1. The van der Waals surface area contributed by atoms with Gasteiger partial charge in [0.15, 0.2) is 0 Å². The number of rotatable bonds is 3. The van der Waals surface area contributed by atoms with E-state index in [2.05, 4.69) is 35.4 Å². The summed E-state index contributed by atoms with van der Waals surface area (Å²) in [5.74, 6) is 0.647. The predicted octanol–water partition coefficient (Wildman–Crippen LogP) is 3.43. The summed E-state index contributed by atoms with van der Waals surface area (Å²) in [5.41, 5.74) is 2.72. The highest BCUT2D eigenvalue weighted by Gasteiger charge is 2.10. The first-order chi connectivity index (χ1) is 8.72. The van der Waals surface area contributed by atoms with Crippen molar-refractivity contribution < 1.29 is 0 Å². The Hall–Kier alpha value is -2.34. The molecular weight excluding hydrogens is 222 g/mol. The van der Waals surface area contributed by atoms with Crippen LogP contribution < -0.4 is 5.32 Å². The van der Waals surface area contributed by atoms with Crippen LogP contribution in [-0.4, -0.2) is 4.98 Å². The lowest BCUT2D eigenvalue weighted by Crippen LogP contribution is -2.09. The van der Waals surface area contributed by atoms with Gasteiger partial charge < -0.3 is 5.32 Å². The van der Waals surface area contributed by atoms with Crippen LogP contribution in [0, 0.1) is 18.3 Å². The number of aryl methyl sites for hydroxylation is 1. The van der Waals surface area contributed by atoms with Crippen LogP contribution in [0.4, 0.5) is 5.82 Å². The third kappa shape index (κ3) is 2.49. The maximum Gasteiger partial charge on any atom is 0.144 e. The van der Waals surface area contributed by atoms with Crippen LogP contribution in [0.1, 0.15) is 29.7 Å². The zero-order valence-electron chi connectivity index (χ0n) is 10.5. The first-order valence-corrected chi connectivity index (χ1v) is 5.89. The van der Waals surface area contributed by atoms with Crippen LogP contribution in [-0.2, 0) is 0 Å². The van der Waals surface area contributed by atoms with Crippen LogP contribution >= 0.6 is 0 Å². The van der Waals surface area contributed by atoms with Crippen molar-refractivity contribution >= 4 is 5.82 Å². The molecule has 1 aromatic carbocycles. The number of nitrogens with zero attached hydrogens (tertiary/aromatic N) is 2. The number of aromatic nitrogens is 1. The Morgan fingerprint density at radius 1 is 1.22 bits per heavy atom. The second-order valence-electron chi connectivity index (χ2n) is 4.24. The van der Waals surface area contributed by atoms with Gasteiger partial charge in [0.2, 0.25) is 0 Å². The van der Waals surface area contributed by atoms with Gasteiger partial charge in [-0.05, 0) is 31.0 Å². The van der Waals surface area contributed by atoms with Crippen molar-refractivity contribution in [2.75, 3.05) is 5.32 Å². The maximum absolute atomic E-state index is 9.15. The molecular formula is C15H15N3. The van der Waals surface area contributed by atoms with E-state index in [1.807, 2.05) is 31.2 Å². The van der Waals surface area contributed by atoms with Crippen molar-refractivity contribution in [2.24, 2.45) is 0 Å². The summed E-state index contributed by atoms with van der Waals surface area (Å²) in [6, 6.07) is 14.3. The van der Waals surface area contributed by atoms with E-state index < -0.39 is 0 Å². The third-order valence-corrected chi connectivity index (χ3v) is 2.92. The van der Waals surface area contributed by atoms with E-state index in [-0.39, 0.29) is 6.04 Å². The van der Waals surface area contributed by atoms with E-state index >= 15 is 0 Å². The molecule has 0 amide bonds. The molecule has 3 heteroatoms. The monoisotopic (exact) mass is 237 g/mol. The van der Waals surface area contributed by atoms with Gasteiger partial charge in [-0.3, -0.25) is 0 Å². The van der Waals surface area contributed by atoms with Gasteiger partial charge in [-0.1, -0.05) is 30.3 Å². The summed E-state index contributed by atoms with van der Waals surface area (Å²) in [6.07, 6.45) is 1.72. The summed E-state index contributed by atoms with van der Waals surface area (Å²) in [5, 5.41) is 12.4. The molecule has 18 heavy (non-hydrogen) atoms. The number of hydrogen-bond acceptors (Lipinski definition) is 3. The molecule has 1 atom stereocenters. The minimum atomic E-state index is 0.118. The molecule has 0 saturated carbocycles. The molecule has 1 N–H and O–H groups in total. The number of benzene rings is 1. The lowest BCUT2D eigenvalue weighted by atomic mass is 10.1. The lowest BCUT2D eigenvalue weighted by molar-refractivity contribution is 0.872. The van der Waals surface area contributed by atoms with Crippen molar-refractivity contribution in [1.29, 1.82) is 5.26 Å². The van der Waals surface area contributed by atoms with Gasteiger partial charge in [-0.2, -0.15) is 5.26 Å². The van der Waals surface area contributed by atoms with Crippen LogP contribution in [0.15, 0.2) is 42.6 Å². The van der Waals surface area contributed by atoms with Gasteiger partial charge in [0.05, 0.1) is 5.56 Å². The molecule has 0 saturated heterocycles. The summed E-state index contributed by atoms with van der Waals surface area (Å²) in [7, 11) is 0. The fourth-order valence-electron chi connectivity index (χ4n) is 1.84. The third-order valence-electron chi connectivity index (χ3n) is 2.92. The average molecular weight is 237 g/mol. The molecule has 0 aliphatic rings. The van der Waals surface area contributed by atoms with Crippen LogP contribution in [0.3, 0.4) is 0 Å². The molecule has 0 aliphatic heterocycles. The Morgan fingerprint density at radius 3 is 2.61 bits per heavy atom. The molecule has 1 aromatic heterocycles. The minimum Gasteiger partial charge on any atom is -0.362 e. The Bertz CT molecular complexity index is 570. The quantitative estimate of drug-likeness (QED) is 0.889. The van der Waals surface area contributed by atoms with Gasteiger partial charge in [-0.15, -0.1) is 0 Å². The molecule has 0 fully saturated rings. The van der Waals surface area contributed by atoms with Crippen molar-refractivity contribution in [2.45, 2.75) is 19.9 Å². The largest absolute Gasteiger partial charge is 0.362 e. The van der Waals surface area contributed by atoms with E-state index in [0.29, 0.717) is 11.4 Å². The van der Waals surface area contributed by atoms with E-state index in [9.17, 15) is 0 Å². The SMILES string of the molecule is Cc1ccnc(N[C@@H](C)c2ccccc2)c1C#N. The first-order valence-electron chi connectivity index (χ1n) is 5.89. The van der Waals surface area contributed by atoms with Gasteiger partial charge in [0, 0.05) is 12.2 Å². The highest BCUT2D eigenvalue weighted by atomic mass is 15.0. The van der Waals surface area contributed by atoms with Crippen molar-refractivity contribution in [3.63, 3.8) is 0 Å². The Morgan fingerprint density at radius 2 is 1.94 bits per heavy atom. The zero-order valence-corrected chi connectivity index (χ0v) is 10.5. The first kappa shape index (κ1) is 12.1. The minimum absolute atomic E-state index is 0.118. The molecule has 2 aromatic rings. The summed E-state index contributed by atoms with van der Waals surface area (Å²) < 4.78 is 0. The smallest absolute Gasteiger partial charge is 0.144 e. The lowest BCUT2D eigenvalue weighted by Gasteiger charge is -2.16. The molecule has 0 aliphatic carbocycles. The Balaban J connectivity index is 2.25. The van der Waals surface area contributed by atoms with Gasteiger partial charge in [-0.25, -0.2) is 4.98 Å². The highest BCUT2D eigenvalue weighted by Crippen LogP contribution is 2.21. The fraction of sp³-hybridized carbons (Fsp3) is 0.200. The molecule has 2 rings (SSSR count). The normalized spacial score (nSPS) is 11.6. The fourth-order valence-corrected chi connectivity index (χ4v) is 1.84. The molecule has 0 bridgehead atoms. The van der Waals surface area contributed by atoms with E-state index in [0.717, 1.165) is 5.56 Å². The number of pyridine rings is 1. The summed E-state index contributed by atoms with van der Waals surface area (Å²) in [6.45, 7) is 3.97. The van der Waals surface area contributed by atoms with E-state index in [4.69, 9.17) is 5.26 Å². The Labute approximate surface area is 107 Å². The topological polar surface area (TPSA) is 48.7 Å². The summed E-state index contributed by atoms with van der Waals surface area (Å²) >= 11 is 0. The number of nitrogens with one attached hydrogen (secondary N) is 1. The summed E-state index contributed by atoms with van der Waals surface area (Å²) in [4.78, 5) is 4.24. The highest BCUT2D eigenvalue weighted by molar-refractivity contribution is 5.56. The zero-order chi connectivity index (χ0) is 13.0. The molecule has 90 valence electrons. The van der Waals surface area contributed by atoms with Crippen molar-refractivity contribution in [3.8, 4) is 6.07 Å². The van der Waals surface area contributed by atoms with Crippen LogP contribution in [0.25, 0.3) is 0 Å². The number of nitriles is 1. The average Bonchev–Trinajstić information content (AvgIpc) is 2.40. The van der Waals surface area contributed by atoms with Gasteiger partial charge >= 0.3 is 0 Å². The van der Waals surface area contributed by atoms with Crippen LogP contribution in [0.2, 0.25) is 0 Å². The van der Waals surface area contributed by atoms with Gasteiger partial charge in [0.1, 0.15) is 11.9 Å². The Kier molecular flexibility index (Phi) is 3.59. The molecule has 0 radical (unpaired) electrons. The van der Waals surface area contributed by atoms with Gasteiger partial charge in [0.25, 0.3) is 0 Å². The molecule has 0 unspecified atom stereocenters. The maximum atomic E-state index is 9.15. The van der Waals surface area contributed by atoms with E-state index in [1.54, 1.807) is 6.20 Å². The number of anilines is 1. The van der Waals surface area contributed by atoms with E-state index in [1.165, 1.54) is 5.56 Å². The van der Waals surface area contributed by atoms with Crippen LogP contribution in [0.5, 0.6) is 0 Å². The standard InChI is InChI=1S/C15H15N3/c1-11-8-9-17-15(14(11)10-16)18-12(2)13-6-4-3-5-7-13/h3-9,12H,1-2H3,(H,17,18)/t12-/m0/s1. The van der Waals surface area contributed by atoms with Crippen molar-refractivity contribution in [1.82, 2.24) is 4.98 Å². The molecule has 3 nitrogen and oxygen atoms in total.